The maximum absolute atomic E-state index is 11.0. The second-order valence-corrected chi connectivity index (χ2v) is 5.10. The molecule has 0 amide bonds. The first-order valence-electron chi connectivity index (χ1n) is 7.38. The molecule has 4 heteroatoms. The fraction of sp³-hybridized carbons (Fsp3) is 0.471. The summed E-state index contributed by atoms with van der Waals surface area (Å²) in [6, 6.07) is 7.80. The van der Waals surface area contributed by atoms with Gasteiger partial charge in [-0.3, -0.25) is 0 Å². The standard InChI is InChI=1S/C17H23ClO3/c1-2-21-17(19)14-20-12-7-5-3-4-6-9-15-10-8-11-16(18)13-15/h6,8-11,13H,2-5,7,12,14H2,1H3. The molecule has 21 heavy (non-hydrogen) atoms. The largest absolute Gasteiger partial charge is 0.464 e. The summed E-state index contributed by atoms with van der Waals surface area (Å²) in [7, 11) is 0. The van der Waals surface area contributed by atoms with Crippen LogP contribution in [0.4, 0.5) is 0 Å². The summed E-state index contributed by atoms with van der Waals surface area (Å²) in [6.45, 7) is 2.86. The Labute approximate surface area is 131 Å². The maximum Gasteiger partial charge on any atom is 0.332 e. The maximum atomic E-state index is 11.0. The first kappa shape index (κ1) is 17.7. The van der Waals surface area contributed by atoms with E-state index in [1.807, 2.05) is 24.3 Å². The quantitative estimate of drug-likeness (QED) is 0.472. The zero-order valence-electron chi connectivity index (χ0n) is 12.5. The van der Waals surface area contributed by atoms with Crippen LogP contribution >= 0.6 is 11.6 Å². The number of hydrogen-bond donors (Lipinski definition) is 0. The topological polar surface area (TPSA) is 35.5 Å². The molecule has 116 valence electrons. The van der Waals surface area contributed by atoms with Gasteiger partial charge in [-0.1, -0.05) is 42.3 Å². The Balaban J connectivity index is 1.98. The number of esters is 1. The Bertz CT molecular complexity index is 443. The zero-order chi connectivity index (χ0) is 15.3. The number of rotatable bonds is 10. The molecule has 0 aromatic heterocycles. The Kier molecular flexibility index (Phi) is 9.58. The Morgan fingerprint density at radius 1 is 1.29 bits per heavy atom. The number of ether oxygens (including phenoxy) is 2. The number of unbranched alkanes of at least 4 members (excludes halogenated alkanes) is 3. The number of carbonyl (C=O) groups is 1. The van der Waals surface area contributed by atoms with Gasteiger partial charge in [-0.2, -0.15) is 0 Å². The Hall–Kier alpha value is -1.32. The predicted octanol–water partition coefficient (Wildman–Crippen LogP) is 4.49. The lowest BCUT2D eigenvalue weighted by molar-refractivity contribution is -0.148. The van der Waals surface area contributed by atoms with E-state index in [9.17, 15) is 4.79 Å². The molecule has 0 bridgehead atoms. The van der Waals surface area contributed by atoms with Gasteiger partial charge in [-0.25, -0.2) is 4.79 Å². The van der Waals surface area contributed by atoms with Crippen LogP contribution in [-0.4, -0.2) is 25.8 Å². The van der Waals surface area contributed by atoms with Crippen molar-refractivity contribution < 1.29 is 14.3 Å². The average Bonchev–Trinajstić information content (AvgIpc) is 2.46. The third-order valence-electron chi connectivity index (χ3n) is 2.84. The normalized spacial score (nSPS) is 11.0. The van der Waals surface area contributed by atoms with Crippen molar-refractivity contribution in [3.63, 3.8) is 0 Å². The molecule has 0 radical (unpaired) electrons. The molecule has 0 aliphatic heterocycles. The lowest BCUT2D eigenvalue weighted by Crippen LogP contribution is -2.12. The molecule has 0 spiro atoms. The molecule has 0 fully saturated rings. The molecule has 0 aliphatic rings. The second kappa shape index (κ2) is 11.4. The van der Waals surface area contributed by atoms with Gasteiger partial charge in [0, 0.05) is 11.6 Å². The first-order chi connectivity index (χ1) is 10.2. The molecule has 1 rings (SSSR count). The molecule has 0 atom stereocenters. The summed E-state index contributed by atoms with van der Waals surface area (Å²) < 4.78 is 10.00. The molecule has 0 unspecified atom stereocenters. The number of benzene rings is 1. The van der Waals surface area contributed by atoms with Gasteiger partial charge in [0.15, 0.2) is 0 Å². The molecule has 1 aromatic carbocycles. The highest BCUT2D eigenvalue weighted by molar-refractivity contribution is 6.30. The molecule has 0 saturated carbocycles. The lowest BCUT2D eigenvalue weighted by Gasteiger charge is -2.03. The third-order valence-corrected chi connectivity index (χ3v) is 3.08. The monoisotopic (exact) mass is 310 g/mol. The summed E-state index contributed by atoms with van der Waals surface area (Å²) in [4.78, 5) is 11.0. The summed E-state index contributed by atoms with van der Waals surface area (Å²) >= 11 is 5.92. The van der Waals surface area contributed by atoms with Crippen LogP contribution in [0, 0.1) is 0 Å². The third kappa shape index (κ3) is 9.27. The van der Waals surface area contributed by atoms with Crippen molar-refractivity contribution in [1.29, 1.82) is 0 Å². The molecule has 0 aliphatic carbocycles. The minimum absolute atomic E-state index is 0.0580. The molecule has 0 N–H and O–H groups in total. The van der Waals surface area contributed by atoms with Crippen molar-refractivity contribution in [1.82, 2.24) is 0 Å². The van der Waals surface area contributed by atoms with Crippen LogP contribution in [0.15, 0.2) is 30.3 Å². The van der Waals surface area contributed by atoms with E-state index in [0.29, 0.717) is 13.2 Å². The van der Waals surface area contributed by atoms with Crippen LogP contribution in [0.5, 0.6) is 0 Å². The van der Waals surface area contributed by atoms with Crippen LogP contribution in [0.25, 0.3) is 6.08 Å². The van der Waals surface area contributed by atoms with E-state index >= 15 is 0 Å². The van der Waals surface area contributed by atoms with Gasteiger partial charge >= 0.3 is 5.97 Å². The Morgan fingerprint density at radius 2 is 2.14 bits per heavy atom. The van der Waals surface area contributed by atoms with Gasteiger partial charge < -0.3 is 9.47 Å². The lowest BCUT2D eigenvalue weighted by atomic mass is 10.1. The highest BCUT2D eigenvalue weighted by Gasteiger charge is 2.00. The van der Waals surface area contributed by atoms with Crippen LogP contribution in [-0.2, 0) is 14.3 Å². The molecular weight excluding hydrogens is 288 g/mol. The highest BCUT2D eigenvalue weighted by Crippen LogP contribution is 2.12. The predicted molar refractivity (Wildman–Crippen MR) is 86.4 cm³/mol. The highest BCUT2D eigenvalue weighted by atomic mass is 35.5. The van der Waals surface area contributed by atoms with Crippen molar-refractivity contribution in [3.8, 4) is 0 Å². The van der Waals surface area contributed by atoms with Crippen molar-refractivity contribution in [2.45, 2.75) is 32.6 Å². The van der Waals surface area contributed by atoms with E-state index in [0.717, 1.165) is 36.3 Å². The zero-order valence-corrected chi connectivity index (χ0v) is 13.3. The summed E-state index contributed by atoms with van der Waals surface area (Å²) in [5.41, 5.74) is 1.13. The summed E-state index contributed by atoms with van der Waals surface area (Å²) in [5.74, 6) is -0.290. The van der Waals surface area contributed by atoms with Crippen LogP contribution in [0.1, 0.15) is 38.2 Å². The van der Waals surface area contributed by atoms with E-state index in [2.05, 4.69) is 12.2 Å². The first-order valence-corrected chi connectivity index (χ1v) is 7.75. The van der Waals surface area contributed by atoms with E-state index in [1.54, 1.807) is 6.92 Å². The van der Waals surface area contributed by atoms with Gasteiger partial charge in [0.05, 0.1) is 6.61 Å². The number of carbonyl (C=O) groups excluding carboxylic acids is 1. The van der Waals surface area contributed by atoms with Crippen molar-refractivity contribution in [3.05, 3.63) is 40.9 Å². The van der Waals surface area contributed by atoms with Crippen LogP contribution in [0.2, 0.25) is 5.02 Å². The summed E-state index contributed by atoms with van der Waals surface area (Å²) in [5, 5.41) is 0.760. The molecule has 0 heterocycles. The van der Waals surface area contributed by atoms with E-state index in [4.69, 9.17) is 21.1 Å². The van der Waals surface area contributed by atoms with E-state index < -0.39 is 0 Å². The van der Waals surface area contributed by atoms with Gasteiger partial charge in [0.25, 0.3) is 0 Å². The van der Waals surface area contributed by atoms with Gasteiger partial charge in [0.2, 0.25) is 0 Å². The Morgan fingerprint density at radius 3 is 2.90 bits per heavy atom. The van der Waals surface area contributed by atoms with Crippen LogP contribution < -0.4 is 0 Å². The average molecular weight is 311 g/mol. The molecular formula is C17H23ClO3. The molecule has 0 saturated heterocycles. The van der Waals surface area contributed by atoms with Crippen molar-refractivity contribution in [2.75, 3.05) is 19.8 Å². The van der Waals surface area contributed by atoms with Crippen LogP contribution in [0.3, 0.4) is 0 Å². The fourth-order valence-electron chi connectivity index (χ4n) is 1.83. The van der Waals surface area contributed by atoms with Gasteiger partial charge in [0.1, 0.15) is 6.61 Å². The fourth-order valence-corrected chi connectivity index (χ4v) is 2.03. The minimum Gasteiger partial charge on any atom is -0.464 e. The number of halogens is 1. The molecule has 1 aromatic rings. The SMILES string of the molecule is CCOC(=O)COCCCCCC=Cc1cccc(Cl)c1. The van der Waals surface area contributed by atoms with Gasteiger partial charge in [-0.15, -0.1) is 0 Å². The summed E-state index contributed by atoms with van der Waals surface area (Å²) in [6.07, 6.45) is 8.44. The second-order valence-electron chi connectivity index (χ2n) is 4.66. The smallest absolute Gasteiger partial charge is 0.332 e. The van der Waals surface area contributed by atoms with Crippen molar-refractivity contribution >= 4 is 23.6 Å². The van der Waals surface area contributed by atoms with Crippen molar-refractivity contribution in [2.24, 2.45) is 0 Å². The van der Waals surface area contributed by atoms with E-state index in [-0.39, 0.29) is 12.6 Å². The van der Waals surface area contributed by atoms with Gasteiger partial charge in [-0.05, 0) is 43.9 Å². The number of hydrogen-bond acceptors (Lipinski definition) is 3. The van der Waals surface area contributed by atoms with E-state index in [1.165, 1.54) is 0 Å². The molecule has 3 nitrogen and oxygen atoms in total. The minimum atomic E-state index is -0.290. The number of allylic oxidation sites excluding steroid dienone is 1.